The lowest BCUT2D eigenvalue weighted by Gasteiger charge is -2.39. The number of hydrogen-bond acceptors (Lipinski definition) is 3. The van der Waals surface area contributed by atoms with Gasteiger partial charge in [0.05, 0.1) is 0 Å². The Morgan fingerprint density at radius 1 is 1.42 bits per heavy atom. The van der Waals surface area contributed by atoms with Crippen LogP contribution in [0.5, 0.6) is 0 Å². The molecule has 2 N–H and O–H groups in total. The summed E-state index contributed by atoms with van der Waals surface area (Å²) in [7, 11) is 0. The van der Waals surface area contributed by atoms with Crippen molar-refractivity contribution in [1.82, 2.24) is 0 Å². The van der Waals surface area contributed by atoms with E-state index in [1.54, 1.807) is 12.1 Å². The molecule has 0 amide bonds. The first-order valence-electron chi connectivity index (χ1n) is 7.06. The van der Waals surface area contributed by atoms with E-state index in [4.69, 9.17) is 10.5 Å². The van der Waals surface area contributed by atoms with Crippen molar-refractivity contribution in [3.8, 4) is 0 Å². The third-order valence-corrected chi connectivity index (χ3v) is 3.93. The Kier molecular flexibility index (Phi) is 5.16. The van der Waals surface area contributed by atoms with Crippen LogP contribution in [0.25, 0.3) is 0 Å². The van der Waals surface area contributed by atoms with Crippen LogP contribution in [0.4, 0.5) is 10.1 Å². The van der Waals surface area contributed by atoms with E-state index in [-0.39, 0.29) is 11.9 Å². The molecule has 1 aromatic carbocycles. The third kappa shape index (κ3) is 3.45. The van der Waals surface area contributed by atoms with Crippen molar-refractivity contribution < 1.29 is 9.13 Å². The standard InChI is InChI=1S/C15H23FN2O/c1-2-18(14-5-3-4-13(16)10-14)15(11-17)12-6-8-19-9-7-12/h3-5,10,12,15H,2,6-9,11,17H2,1H3. The molecule has 0 spiro atoms. The minimum absolute atomic E-state index is 0.196. The van der Waals surface area contributed by atoms with Gasteiger partial charge in [0.15, 0.2) is 0 Å². The molecule has 0 aromatic heterocycles. The van der Waals surface area contributed by atoms with Crippen LogP contribution in [0.2, 0.25) is 0 Å². The van der Waals surface area contributed by atoms with Gasteiger partial charge in [0.25, 0.3) is 0 Å². The van der Waals surface area contributed by atoms with Crippen LogP contribution in [0, 0.1) is 11.7 Å². The Balaban J connectivity index is 2.17. The monoisotopic (exact) mass is 266 g/mol. The highest BCUT2D eigenvalue weighted by Gasteiger charge is 2.27. The Labute approximate surface area is 114 Å². The van der Waals surface area contributed by atoms with Gasteiger partial charge in [-0.25, -0.2) is 4.39 Å². The Hall–Kier alpha value is -1.13. The number of nitrogens with zero attached hydrogens (tertiary/aromatic N) is 1. The molecule has 1 aromatic rings. The molecule has 0 saturated carbocycles. The van der Waals surface area contributed by atoms with Crippen LogP contribution < -0.4 is 10.6 Å². The van der Waals surface area contributed by atoms with Crippen molar-refractivity contribution in [2.24, 2.45) is 11.7 Å². The average molecular weight is 266 g/mol. The van der Waals surface area contributed by atoms with E-state index >= 15 is 0 Å². The van der Waals surface area contributed by atoms with E-state index in [1.807, 2.05) is 6.07 Å². The number of likely N-dealkylation sites (N-methyl/N-ethyl adjacent to an activating group) is 1. The number of rotatable bonds is 5. The summed E-state index contributed by atoms with van der Waals surface area (Å²) in [5, 5.41) is 0. The molecule has 1 aliphatic heterocycles. The molecule has 1 unspecified atom stereocenters. The highest BCUT2D eigenvalue weighted by Crippen LogP contribution is 2.26. The molecule has 0 aliphatic carbocycles. The molecule has 19 heavy (non-hydrogen) atoms. The first kappa shape index (κ1) is 14.3. The summed E-state index contributed by atoms with van der Waals surface area (Å²) in [4.78, 5) is 2.22. The number of hydrogen-bond donors (Lipinski definition) is 1. The second-order valence-electron chi connectivity index (χ2n) is 5.02. The SMILES string of the molecule is CCN(c1cccc(F)c1)C(CN)C1CCOCC1. The summed E-state index contributed by atoms with van der Waals surface area (Å²) in [5.41, 5.74) is 6.90. The van der Waals surface area contributed by atoms with Crippen molar-refractivity contribution in [3.63, 3.8) is 0 Å². The molecular formula is C15H23FN2O. The molecule has 1 aliphatic rings. The first-order chi connectivity index (χ1) is 9.26. The fourth-order valence-electron chi connectivity index (χ4n) is 2.94. The summed E-state index contributed by atoms with van der Waals surface area (Å²) in [6, 6.07) is 7.03. The van der Waals surface area contributed by atoms with Crippen LogP contribution in [-0.4, -0.2) is 32.3 Å². The zero-order chi connectivity index (χ0) is 13.7. The van der Waals surface area contributed by atoms with Gasteiger partial charge in [-0.15, -0.1) is 0 Å². The summed E-state index contributed by atoms with van der Waals surface area (Å²) in [5.74, 6) is 0.334. The Bertz CT molecular complexity index is 393. The Morgan fingerprint density at radius 3 is 2.74 bits per heavy atom. The lowest BCUT2D eigenvalue weighted by molar-refractivity contribution is 0.0583. The van der Waals surface area contributed by atoms with E-state index in [9.17, 15) is 4.39 Å². The van der Waals surface area contributed by atoms with Gasteiger partial charge in [0.1, 0.15) is 5.82 Å². The number of nitrogens with two attached hydrogens (primary N) is 1. The second kappa shape index (κ2) is 6.87. The maximum absolute atomic E-state index is 13.4. The van der Waals surface area contributed by atoms with Crippen LogP contribution >= 0.6 is 0 Å². The van der Waals surface area contributed by atoms with Crippen LogP contribution in [0.3, 0.4) is 0 Å². The summed E-state index contributed by atoms with van der Waals surface area (Å²) < 4.78 is 18.8. The van der Waals surface area contributed by atoms with Crippen molar-refractivity contribution in [3.05, 3.63) is 30.1 Å². The highest BCUT2D eigenvalue weighted by molar-refractivity contribution is 5.47. The summed E-state index contributed by atoms with van der Waals surface area (Å²) in [6.45, 7) is 5.13. The van der Waals surface area contributed by atoms with Gasteiger partial charge < -0.3 is 15.4 Å². The van der Waals surface area contributed by atoms with E-state index in [0.29, 0.717) is 12.5 Å². The second-order valence-corrected chi connectivity index (χ2v) is 5.02. The van der Waals surface area contributed by atoms with Crippen molar-refractivity contribution in [2.45, 2.75) is 25.8 Å². The van der Waals surface area contributed by atoms with Crippen molar-refractivity contribution >= 4 is 5.69 Å². The van der Waals surface area contributed by atoms with Gasteiger partial charge in [-0.05, 0) is 43.9 Å². The molecule has 0 bridgehead atoms. The predicted molar refractivity (Wildman–Crippen MR) is 75.8 cm³/mol. The summed E-state index contributed by atoms with van der Waals surface area (Å²) >= 11 is 0. The summed E-state index contributed by atoms with van der Waals surface area (Å²) in [6.07, 6.45) is 2.07. The van der Waals surface area contributed by atoms with Gasteiger partial charge in [-0.3, -0.25) is 0 Å². The minimum atomic E-state index is -0.196. The van der Waals surface area contributed by atoms with E-state index < -0.39 is 0 Å². The first-order valence-corrected chi connectivity index (χ1v) is 7.06. The van der Waals surface area contributed by atoms with Crippen molar-refractivity contribution in [1.29, 1.82) is 0 Å². The molecule has 1 heterocycles. The van der Waals surface area contributed by atoms with Crippen molar-refractivity contribution in [2.75, 3.05) is 31.2 Å². The lowest BCUT2D eigenvalue weighted by Crippen LogP contribution is -2.47. The molecule has 1 atom stereocenters. The van der Waals surface area contributed by atoms with Gasteiger partial charge in [0.2, 0.25) is 0 Å². The maximum atomic E-state index is 13.4. The van der Waals surface area contributed by atoms with Crippen LogP contribution in [0.15, 0.2) is 24.3 Å². The van der Waals surface area contributed by atoms with Crippen LogP contribution in [0.1, 0.15) is 19.8 Å². The molecule has 0 radical (unpaired) electrons. The topological polar surface area (TPSA) is 38.5 Å². The molecular weight excluding hydrogens is 243 g/mol. The Morgan fingerprint density at radius 2 is 2.16 bits per heavy atom. The lowest BCUT2D eigenvalue weighted by atomic mass is 9.90. The van der Waals surface area contributed by atoms with Gasteiger partial charge in [0, 0.05) is 38.0 Å². The van der Waals surface area contributed by atoms with E-state index in [0.717, 1.165) is 38.3 Å². The zero-order valence-corrected chi connectivity index (χ0v) is 11.5. The van der Waals surface area contributed by atoms with Gasteiger partial charge in [-0.1, -0.05) is 6.07 Å². The van der Waals surface area contributed by atoms with E-state index in [2.05, 4.69) is 11.8 Å². The number of benzene rings is 1. The minimum Gasteiger partial charge on any atom is -0.381 e. The predicted octanol–water partition coefficient (Wildman–Crippen LogP) is 2.41. The number of ether oxygens (including phenoxy) is 1. The zero-order valence-electron chi connectivity index (χ0n) is 11.5. The van der Waals surface area contributed by atoms with Gasteiger partial charge >= 0.3 is 0 Å². The maximum Gasteiger partial charge on any atom is 0.125 e. The molecule has 2 rings (SSSR count). The van der Waals surface area contributed by atoms with Crippen LogP contribution in [-0.2, 0) is 4.74 Å². The molecule has 1 fully saturated rings. The molecule has 106 valence electrons. The molecule has 4 heteroatoms. The average Bonchev–Trinajstić information content (AvgIpc) is 2.45. The number of halogens is 1. The fraction of sp³-hybridized carbons (Fsp3) is 0.600. The van der Waals surface area contributed by atoms with Gasteiger partial charge in [-0.2, -0.15) is 0 Å². The largest absolute Gasteiger partial charge is 0.381 e. The molecule has 3 nitrogen and oxygen atoms in total. The normalized spacial score (nSPS) is 18.3. The highest BCUT2D eigenvalue weighted by atomic mass is 19.1. The quantitative estimate of drug-likeness (QED) is 0.889. The number of anilines is 1. The molecule has 1 saturated heterocycles. The third-order valence-electron chi connectivity index (χ3n) is 3.93. The van der Waals surface area contributed by atoms with E-state index in [1.165, 1.54) is 6.07 Å². The fourth-order valence-corrected chi connectivity index (χ4v) is 2.94. The smallest absolute Gasteiger partial charge is 0.125 e.